The normalized spacial score (nSPS) is 12.4. The van der Waals surface area contributed by atoms with Gasteiger partial charge in [0.1, 0.15) is 12.4 Å². The molecule has 0 unspecified atom stereocenters. The highest BCUT2D eigenvalue weighted by Crippen LogP contribution is 2.30. The number of hydrogen-bond donors (Lipinski definition) is 1. The second kappa shape index (κ2) is 5.19. The fourth-order valence-electron chi connectivity index (χ4n) is 1.24. The maximum Gasteiger partial charge on any atom is 0.273 e. The predicted octanol–water partition coefficient (Wildman–Crippen LogP) is 2.43. The van der Waals surface area contributed by atoms with Gasteiger partial charge in [0.15, 0.2) is 0 Å². The minimum Gasteiger partial charge on any atom is -0.489 e. The molecule has 1 aliphatic rings. The van der Waals surface area contributed by atoms with Crippen LogP contribution < -0.4 is 10.1 Å². The van der Waals surface area contributed by atoms with Gasteiger partial charge in [-0.05, 0) is 6.07 Å². The SMILES string of the molecule is CC.O=[N+]([O-])c1ccc2c(c1)OCCN2. The molecule has 82 valence electrons. The summed E-state index contributed by atoms with van der Waals surface area (Å²) in [5, 5.41) is 13.5. The summed E-state index contributed by atoms with van der Waals surface area (Å²) in [5.41, 5.74) is 0.874. The molecule has 1 aliphatic heterocycles. The van der Waals surface area contributed by atoms with Gasteiger partial charge in [-0.2, -0.15) is 0 Å². The number of nitro groups is 1. The van der Waals surface area contributed by atoms with E-state index >= 15 is 0 Å². The van der Waals surface area contributed by atoms with Crippen LogP contribution in [0.15, 0.2) is 18.2 Å². The van der Waals surface area contributed by atoms with Crippen molar-refractivity contribution in [2.24, 2.45) is 0 Å². The Bertz CT molecular complexity index is 353. The summed E-state index contributed by atoms with van der Waals surface area (Å²) in [4.78, 5) is 9.98. The second-order valence-corrected chi connectivity index (χ2v) is 2.71. The molecule has 15 heavy (non-hydrogen) atoms. The Labute approximate surface area is 88.2 Å². The second-order valence-electron chi connectivity index (χ2n) is 2.71. The molecule has 1 heterocycles. The Balaban J connectivity index is 0.000000531. The van der Waals surface area contributed by atoms with E-state index in [2.05, 4.69) is 5.32 Å². The Morgan fingerprint density at radius 3 is 2.87 bits per heavy atom. The lowest BCUT2D eigenvalue weighted by Gasteiger charge is -2.18. The molecule has 0 aromatic heterocycles. The van der Waals surface area contributed by atoms with E-state index in [0.29, 0.717) is 12.4 Å². The predicted molar refractivity (Wildman–Crippen MR) is 58.4 cm³/mol. The molecular formula is C10H14N2O3. The molecule has 1 aromatic carbocycles. The molecule has 1 aromatic rings. The Morgan fingerprint density at radius 1 is 1.47 bits per heavy atom. The lowest BCUT2D eigenvalue weighted by Crippen LogP contribution is -2.17. The number of non-ortho nitro benzene ring substituents is 1. The molecule has 5 nitrogen and oxygen atoms in total. The van der Waals surface area contributed by atoms with E-state index < -0.39 is 4.92 Å². The van der Waals surface area contributed by atoms with Gasteiger partial charge in [0.05, 0.1) is 16.7 Å². The minimum absolute atomic E-state index is 0.0578. The van der Waals surface area contributed by atoms with E-state index in [1.165, 1.54) is 12.1 Å². The van der Waals surface area contributed by atoms with E-state index in [-0.39, 0.29) is 5.69 Å². The van der Waals surface area contributed by atoms with Crippen molar-refractivity contribution in [3.63, 3.8) is 0 Å². The highest BCUT2D eigenvalue weighted by molar-refractivity contribution is 5.61. The smallest absolute Gasteiger partial charge is 0.273 e. The van der Waals surface area contributed by atoms with Gasteiger partial charge in [-0.15, -0.1) is 0 Å². The molecule has 0 saturated carbocycles. The van der Waals surface area contributed by atoms with Gasteiger partial charge in [-0.1, -0.05) is 13.8 Å². The van der Waals surface area contributed by atoms with E-state index in [1.54, 1.807) is 6.07 Å². The van der Waals surface area contributed by atoms with Crippen LogP contribution in [0.25, 0.3) is 0 Å². The molecule has 0 saturated heterocycles. The molecule has 0 radical (unpaired) electrons. The molecule has 2 rings (SSSR count). The minimum atomic E-state index is -0.432. The summed E-state index contributed by atoms with van der Waals surface area (Å²) in [6.07, 6.45) is 0. The Kier molecular flexibility index (Phi) is 3.91. The zero-order valence-corrected chi connectivity index (χ0v) is 8.82. The van der Waals surface area contributed by atoms with E-state index in [1.807, 2.05) is 13.8 Å². The molecule has 0 bridgehead atoms. The van der Waals surface area contributed by atoms with Crippen molar-refractivity contribution in [2.45, 2.75) is 13.8 Å². The van der Waals surface area contributed by atoms with Crippen LogP contribution in [-0.2, 0) is 0 Å². The average molecular weight is 210 g/mol. The van der Waals surface area contributed by atoms with Crippen molar-refractivity contribution in [3.8, 4) is 5.75 Å². The Morgan fingerprint density at radius 2 is 2.20 bits per heavy atom. The van der Waals surface area contributed by atoms with Crippen LogP contribution in [0.1, 0.15) is 13.8 Å². The van der Waals surface area contributed by atoms with Crippen molar-refractivity contribution in [3.05, 3.63) is 28.3 Å². The first kappa shape index (κ1) is 11.3. The van der Waals surface area contributed by atoms with E-state index in [4.69, 9.17) is 4.74 Å². The maximum atomic E-state index is 10.4. The standard InChI is InChI=1S/C8H8N2O3.C2H6/c11-10(12)6-1-2-7-8(5-6)13-4-3-9-7;1-2/h1-2,5,9H,3-4H2;1-2H3. The zero-order valence-electron chi connectivity index (χ0n) is 8.82. The fraction of sp³-hybridized carbons (Fsp3) is 0.400. The zero-order chi connectivity index (χ0) is 11.3. The lowest BCUT2D eigenvalue weighted by molar-refractivity contribution is -0.384. The summed E-state index contributed by atoms with van der Waals surface area (Å²) < 4.78 is 5.25. The van der Waals surface area contributed by atoms with Gasteiger partial charge >= 0.3 is 0 Å². The number of nitrogens with one attached hydrogen (secondary N) is 1. The third-order valence-corrected chi connectivity index (χ3v) is 1.85. The molecule has 5 heteroatoms. The lowest BCUT2D eigenvalue weighted by atomic mass is 10.2. The summed E-state index contributed by atoms with van der Waals surface area (Å²) >= 11 is 0. The first-order chi connectivity index (χ1) is 7.27. The highest BCUT2D eigenvalue weighted by Gasteiger charge is 2.14. The van der Waals surface area contributed by atoms with E-state index in [9.17, 15) is 10.1 Å². The van der Waals surface area contributed by atoms with Crippen LogP contribution in [-0.4, -0.2) is 18.1 Å². The van der Waals surface area contributed by atoms with Gasteiger partial charge in [0.25, 0.3) is 5.69 Å². The van der Waals surface area contributed by atoms with Gasteiger partial charge < -0.3 is 10.1 Å². The Hall–Kier alpha value is -1.78. The van der Waals surface area contributed by atoms with Crippen molar-refractivity contribution in [1.29, 1.82) is 0 Å². The third-order valence-electron chi connectivity index (χ3n) is 1.85. The summed E-state index contributed by atoms with van der Waals surface area (Å²) in [7, 11) is 0. The monoisotopic (exact) mass is 210 g/mol. The number of ether oxygens (including phenoxy) is 1. The molecule has 0 aliphatic carbocycles. The van der Waals surface area contributed by atoms with Crippen molar-refractivity contribution in [2.75, 3.05) is 18.5 Å². The topological polar surface area (TPSA) is 64.4 Å². The molecule has 0 fully saturated rings. The summed E-state index contributed by atoms with van der Waals surface area (Å²) in [6.45, 7) is 5.29. The highest BCUT2D eigenvalue weighted by atomic mass is 16.6. The summed E-state index contributed by atoms with van der Waals surface area (Å²) in [6, 6.07) is 4.55. The number of nitrogens with zero attached hydrogens (tertiary/aromatic N) is 1. The van der Waals surface area contributed by atoms with Gasteiger partial charge in [-0.25, -0.2) is 0 Å². The number of anilines is 1. The number of nitro benzene ring substituents is 1. The maximum absolute atomic E-state index is 10.4. The molecule has 1 N–H and O–H groups in total. The van der Waals surface area contributed by atoms with Gasteiger partial charge in [0, 0.05) is 12.6 Å². The average Bonchev–Trinajstić information content (AvgIpc) is 2.31. The quantitative estimate of drug-likeness (QED) is 0.571. The van der Waals surface area contributed by atoms with Crippen LogP contribution in [0, 0.1) is 10.1 Å². The molecule has 0 spiro atoms. The van der Waals surface area contributed by atoms with Gasteiger partial charge in [-0.3, -0.25) is 10.1 Å². The first-order valence-electron chi connectivity index (χ1n) is 4.92. The van der Waals surface area contributed by atoms with Crippen molar-refractivity contribution >= 4 is 11.4 Å². The number of fused-ring (bicyclic) bond motifs is 1. The molecule has 0 amide bonds. The largest absolute Gasteiger partial charge is 0.489 e. The summed E-state index contributed by atoms with van der Waals surface area (Å²) in [5.74, 6) is 0.556. The van der Waals surface area contributed by atoms with Crippen LogP contribution in [0.5, 0.6) is 5.75 Å². The number of benzene rings is 1. The van der Waals surface area contributed by atoms with Crippen molar-refractivity contribution < 1.29 is 9.66 Å². The van der Waals surface area contributed by atoms with Gasteiger partial charge in [0.2, 0.25) is 0 Å². The van der Waals surface area contributed by atoms with Crippen LogP contribution in [0.2, 0.25) is 0 Å². The third kappa shape index (κ3) is 2.59. The van der Waals surface area contributed by atoms with Crippen LogP contribution >= 0.6 is 0 Å². The van der Waals surface area contributed by atoms with Crippen LogP contribution in [0.3, 0.4) is 0 Å². The fourth-order valence-corrected chi connectivity index (χ4v) is 1.24. The number of rotatable bonds is 1. The molecule has 0 atom stereocenters. The number of hydrogen-bond acceptors (Lipinski definition) is 4. The van der Waals surface area contributed by atoms with E-state index in [0.717, 1.165) is 12.2 Å². The molecular weight excluding hydrogens is 196 g/mol. The van der Waals surface area contributed by atoms with Crippen molar-refractivity contribution in [1.82, 2.24) is 0 Å². The first-order valence-corrected chi connectivity index (χ1v) is 4.92. The van der Waals surface area contributed by atoms with Crippen LogP contribution in [0.4, 0.5) is 11.4 Å².